The summed E-state index contributed by atoms with van der Waals surface area (Å²) in [7, 11) is 1.66. The summed E-state index contributed by atoms with van der Waals surface area (Å²) in [6.07, 6.45) is 1.95. The minimum absolute atomic E-state index is 0.0952. The third-order valence-electron chi connectivity index (χ3n) is 6.03. The van der Waals surface area contributed by atoms with Crippen molar-refractivity contribution in [2.45, 2.75) is 18.9 Å². The van der Waals surface area contributed by atoms with E-state index in [1.165, 1.54) is 5.69 Å². The third kappa shape index (κ3) is 5.49. The number of methoxy groups -OCH3 is 1. The van der Waals surface area contributed by atoms with Crippen molar-refractivity contribution in [1.29, 1.82) is 0 Å². The van der Waals surface area contributed by atoms with Crippen LogP contribution in [0.5, 0.6) is 5.75 Å². The lowest BCUT2D eigenvalue weighted by Crippen LogP contribution is -2.45. The van der Waals surface area contributed by atoms with Crippen LogP contribution in [0, 0.1) is 5.92 Å². The van der Waals surface area contributed by atoms with Gasteiger partial charge in [-0.3, -0.25) is 0 Å². The SMILES string of the molecule is COc1ccc(Cl)cc1N1CCC(NC(=O)NCC2CCN(c3ccc(Cl)cc3)C2)C1. The topological polar surface area (TPSA) is 56.8 Å². The highest BCUT2D eigenvalue weighted by Crippen LogP contribution is 2.33. The first-order chi connectivity index (χ1) is 15.0. The summed E-state index contributed by atoms with van der Waals surface area (Å²) in [5.41, 5.74) is 2.15. The summed E-state index contributed by atoms with van der Waals surface area (Å²) in [6.45, 7) is 4.19. The number of hydrogen-bond donors (Lipinski definition) is 2. The van der Waals surface area contributed by atoms with Gasteiger partial charge in [0, 0.05) is 54.5 Å². The number of ether oxygens (including phenoxy) is 1. The molecule has 0 radical (unpaired) electrons. The van der Waals surface area contributed by atoms with Crippen LogP contribution in [-0.4, -0.2) is 51.9 Å². The van der Waals surface area contributed by atoms with Gasteiger partial charge in [0.15, 0.2) is 0 Å². The Labute approximate surface area is 193 Å². The number of rotatable bonds is 6. The molecule has 0 saturated carbocycles. The summed E-state index contributed by atoms with van der Waals surface area (Å²) >= 11 is 12.1. The van der Waals surface area contributed by atoms with Crippen LogP contribution >= 0.6 is 23.2 Å². The molecule has 2 aliphatic rings. The van der Waals surface area contributed by atoms with Crippen LogP contribution in [0.3, 0.4) is 0 Å². The quantitative estimate of drug-likeness (QED) is 0.667. The molecule has 2 heterocycles. The van der Waals surface area contributed by atoms with Crippen LogP contribution in [-0.2, 0) is 0 Å². The molecule has 2 unspecified atom stereocenters. The number of nitrogens with zero attached hydrogens (tertiary/aromatic N) is 2. The van der Waals surface area contributed by atoms with Crippen LogP contribution in [0.15, 0.2) is 42.5 Å². The van der Waals surface area contributed by atoms with Gasteiger partial charge in [-0.25, -0.2) is 4.79 Å². The molecule has 166 valence electrons. The molecule has 0 spiro atoms. The van der Waals surface area contributed by atoms with E-state index in [2.05, 4.69) is 20.4 Å². The Bertz CT molecular complexity index is 909. The van der Waals surface area contributed by atoms with Gasteiger partial charge in [-0.15, -0.1) is 0 Å². The Morgan fingerprint density at radius 1 is 1.03 bits per heavy atom. The van der Waals surface area contributed by atoms with Crippen LogP contribution in [0.4, 0.5) is 16.2 Å². The molecule has 2 fully saturated rings. The first-order valence-corrected chi connectivity index (χ1v) is 11.4. The predicted molar refractivity (Wildman–Crippen MR) is 127 cm³/mol. The maximum Gasteiger partial charge on any atom is 0.315 e. The average Bonchev–Trinajstić information content (AvgIpc) is 3.42. The van der Waals surface area contributed by atoms with E-state index in [0.717, 1.165) is 55.5 Å². The molecule has 0 aromatic heterocycles. The van der Waals surface area contributed by atoms with Gasteiger partial charge in [0.2, 0.25) is 0 Å². The van der Waals surface area contributed by atoms with Crippen LogP contribution in [0.1, 0.15) is 12.8 Å². The average molecular weight is 463 g/mol. The van der Waals surface area contributed by atoms with Gasteiger partial charge in [-0.1, -0.05) is 23.2 Å². The number of carbonyl (C=O) groups excluding carboxylic acids is 1. The highest BCUT2D eigenvalue weighted by Gasteiger charge is 2.27. The second-order valence-electron chi connectivity index (χ2n) is 8.18. The minimum atomic E-state index is -0.102. The molecule has 2 aromatic rings. The molecular formula is C23H28Cl2N4O2. The van der Waals surface area contributed by atoms with Gasteiger partial charge in [-0.2, -0.15) is 0 Å². The van der Waals surface area contributed by atoms with Gasteiger partial charge >= 0.3 is 6.03 Å². The van der Waals surface area contributed by atoms with E-state index in [0.29, 0.717) is 17.5 Å². The lowest BCUT2D eigenvalue weighted by molar-refractivity contribution is 0.236. The van der Waals surface area contributed by atoms with Crippen molar-refractivity contribution in [3.63, 3.8) is 0 Å². The molecule has 8 heteroatoms. The summed E-state index contributed by atoms with van der Waals surface area (Å²) in [5.74, 6) is 1.23. The smallest absolute Gasteiger partial charge is 0.315 e. The fraction of sp³-hybridized carbons (Fsp3) is 0.435. The van der Waals surface area contributed by atoms with E-state index in [4.69, 9.17) is 27.9 Å². The molecule has 2 saturated heterocycles. The van der Waals surface area contributed by atoms with Crippen molar-refractivity contribution in [2.24, 2.45) is 5.92 Å². The maximum absolute atomic E-state index is 12.5. The summed E-state index contributed by atoms with van der Waals surface area (Å²) in [6, 6.07) is 13.5. The van der Waals surface area contributed by atoms with E-state index in [1.807, 2.05) is 42.5 Å². The number of anilines is 2. The van der Waals surface area contributed by atoms with E-state index in [9.17, 15) is 4.79 Å². The van der Waals surface area contributed by atoms with Crippen molar-refractivity contribution < 1.29 is 9.53 Å². The van der Waals surface area contributed by atoms with Gasteiger partial charge in [-0.05, 0) is 61.2 Å². The second-order valence-corrected chi connectivity index (χ2v) is 9.05. The Kier molecular flexibility index (Phi) is 6.98. The molecule has 0 aliphatic carbocycles. The Morgan fingerprint density at radius 2 is 1.77 bits per heavy atom. The van der Waals surface area contributed by atoms with E-state index in [1.54, 1.807) is 7.11 Å². The van der Waals surface area contributed by atoms with Crippen LogP contribution < -0.4 is 25.2 Å². The van der Waals surface area contributed by atoms with Crippen molar-refractivity contribution >= 4 is 40.6 Å². The number of hydrogen-bond acceptors (Lipinski definition) is 4. The number of benzene rings is 2. The first-order valence-electron chi connectivity index (χ1n) is 10.6. The standard InChI is InChI=1S/C23H28Cl2N4O2/c1-31-22-7-4-18(25)12-21(22)29-11-9-19(15-29)27-23(30)26-13-16-8-10-28(14-16)20-5-2-17(24)3-6-20/h2-7,12,16,19H,8-11,13-15H2,1H3,(H2,26,27,30). The van der Waals surface area contributed by atoms with Gasteiger partial charge in [0.1, 0.15) is 5.75 Å². The molecule has 4 rings (SSSR count). The van der Waals surface area contributed by atoms with Gasteiger partial charge < -0.3 is 25.2 Å². The van der Waals surface area contributed by atoms with Gasteiger partial charge in [0.25, 0.3) is 0 Å². The van der Waals surface area contributed by atoms with E-state index < -0.39 is 0 Å². The normalized spacial score (nSPS) is 20.7. The van der Waals surface area contributed by atoms with Crippen molar-refractivity contribution in [1.82, 2.24) is 10.6 Å². The van der Waals surface area contributed by atoms with Crippen molar-refractivity contribution in [3.8, 4) is 5.75 Å². The minimum Gasteiger partial charge on any atom is -0.495 e. The molecule has 6 nitrogen and oxygen atoms in total. The fourth-order valence-electron chi connectivity index (χ4n) is 4.37. The van der Waals surface area contributed by atoms with E-state index in [-0.39, 0.29) is 12.1 Å². The van der Waals surface area contributed by atoms with Gasteiger partial charge in [0.05, 0.1) is 12.8 Å². The largest absolute Gasteiger partial charge is 0.495 e. The van der Waals surface area contributed by atoms with E-state index >= 15 is 0 Å². The van der Waals surface area contributed by atoms with Crippen molar-refractivity contribution in [2.75, 3.05) is 49.6 Å². The predicted octanol–water partition coefficient (Wildman–Crippen LogP) is 4.41. The highest BCUT2D eigenvalue weighted by molar-refractivity contribution is 6.31. The number of urea groups is 1. The first kappa shape index (κ1) is 21.9. The maximum atomic E-state index is 12.5. The summed E-state index contributed by atoms with van der Waals surface area (Å²) < 4.78 is 5.46. The zero-order chi connectivity index (χ0) is 21.8. The molecular weight excluding hydrogens is 435 g/mol. The molecule has 31 heavy (non-hydrogen) atoms. The monoisotopic (exact) mass is 462 g/mol. The zero-order valence-corrected chi connectivity index (χ0v) is 19.1. The number of nitrogens with one attached hydrogen (secondary N) is 2. The fourth-order valence-corrected chi connectivity index (χ4v) is 4.66. The molecule has 2 aliphatic heterocycles. The highest BCUT2D eigenvalue weighted by atomic mass is 35.5. The second kappa shape index (κ2) is 9.88. The van der Waals surface area contributed by atoms with Crippen molar-refractivity contribution in [3.05, 3.63) is 52.5 Å². The number of halogens is 2. The zero-order valence-electron chi connectivity index (χ0n) is 17.6. The Balaban J connectivity index is 1.22. The lowest BCUT2D eigenvalue weighted by Gasteiger charge is -2.22. The molecule has 2 aromatic carbocycles. The van der Waals surface area contributed by atoms with Crippen LogP contribution in [0.25, 0.3) is 0 Å². The lowest BCUT2D eigenvalue weighted by atomic mass is 10.1. The van der Waals surface area contributed by atoms with Crippen LogP contribution in [0.2, 0.25) is 10.0 Å². The summed E-state index contributed by atoms with van der Waals surface area (Å²) in [4.78, 5) is 17.0. The molecule has 2 N–H and O–H groups in total. The third-order valence-corrected chi connectivity index (χ3v) is 6.52. The molecule has 2 atom stereocenters. The Hall–Kier alpha value is -2.31. The summed E-state index contributed by atoms with van der Waals surface area (Å²) in [5, 5.41) is 7.59. The Morgan fingerprint density at radius 3 is 2.55 bits per heavy atom. The molecule has 2 amide bonds. The number of carbonyl (C=O) groups is 1. The molecule has 0 bridgehead atoms. The number of amides is 2.